The lowest BCUT2D eigenvalue weighted by Crippen LogP contribution is -2.20. The zero-order chi connectivity index (χ0) is 15.4. The van der Waals surface area contributed by atoms with Crippen LogP contribution < -0.4 is 10.6 Å². The standard InChI is InChI=1S/C18H16N2O2/c21-12-14-7-2-4-10-16(14)19-18(22)20-17-11-5-8-13-6-1-3-9-15(13)17/h1-11,21H,12H2,(H2,19,20,22). The van der Waals surface area contributed by atoms with Crippen molar-refractivity contribution < 1.29 is 9.90 Å². The van der Waals surface area contributed by atoms with Crippen LogP contribution in [0.4, 0.5) is 16.2 Å². The molecule has 4 heteroatoms. The molecule has 3 aromatic carbocycles. The fourth-order valence-corrected chi connectivity index (χ4v) is 2.39. The molecule has 0 radical (unpaired) electrons. The first-order chi connectivity index (χ1) is 10.8. The Labute approximate surface area is 128 Å². The molecule has 2 amide bonds. The second kappa shape index (κ2) is 6.28. The summed E-state index contributed by atoms with van der Waals surface area (Å²) in [5, 5.41) is 17.0. The molecule has 0 spiro atoms. The number of benzene rings is 3. The first kappa shape index (κ1) is 14.1. The largest absolute Gasteiger partial charge is 0.392 e. The van der Waals surface area contributed by atoms with Crippen molar-refractivity contribution >= 4 is 28.2 Å². The van der Waals surface area contributed by atoms with Gasteiger partial charge in [-0.15, -0.1) is 0 Å². The second-order valence-electron chi connectivity index (χ2n) is 4.92. The number of urea groups is 1. The number of anilines is 2. The Balaban J connectivity index is 1.82. The predicted octanol–water partition coefficient (Wildman–Crippen LogP) is 3.98. The topological polar surface area (TPSA) is 61.4 Å². The van der Waals surface area contributed by atoms with E-state index in [0.717, 1.165) is 16.5 Å². The highest BCUT2D eigenvalue weighted by Crippen LogP contribution is 2.23. The Morgan fingerprint density at radius 3 is 2.32 bits per heavy atom. The van der Waals surface area contributed by atoms with Crippen molar-refractivity contribution in [1.82, 2.24) is 0 Å². The van der Waals surface area contributed by atoms with Crippen LogP contribution in [-0.4, -0.2) is 11.1 Å². The van der Waals surface area contributed by atoms with E-state index in [9.17, 15) is 9.90 Å². The number of carbonyl (C=O) groups excluding carboxylic acids is 1. The van der Waals surface area contributed by atoms with Gasteiger partial charge in [0, 0.05) is 16.6 Å². The number of carbonyl (C=O) groups is 1. The number of para-hydroxylation sites is 1. The summed E-state index contributed by atoms with van der Waals surface area (Å²) in [6, 6.07) is 20.5. The second-order valence-corrected chi connectivity index (χ2v) is 4.92. The first-order valence-electron chi connectivity index (χ1n) is 7.02. The molecule has 4 nitrogen and oxygen atoms in total. The van der Waals surface area contributed by atoms with Gasteiger partial charge in [0.2, 0.25) is 0 Å². The molecule has 0 fully saturated rings. The molecule has 0 aliphatic carbocycles. The molecule has 0 unspecified atom stereocenters. The maximum absolute atomic E-state index is 12.2. The van der Waals surface area contributed by atoms with Crippen LogP contribution in [0.5, 0.6) is 0 Å². The van der Waals surface area contributed by atoms with Crippen molar-refractivity contribution in [1.29, 1.82) is 0 Å². The summed E-state index contributed by atoms with van der Waals surface area (Å²) in [5.41, 5.74) is 2.02. The molecule has 0 aliphatic rings. The van der Waals surface area contributed by atoms with E-state index in [1.54, 1.807) is 12.1 Å². The maximum atomic E-state index is 12.2. The number of nitrogens with one attached hydrogen (secondary N) is 2. The van der Waals surface area contributed by atoms with Gasteiger partial charge in [-0.3, -0.25) is 0 Å². The molecule has 3 N–H and O–H groups in total. The zero-order valence-electron chi connectivity index (χ0n) is 11.9. The highest BCUT2D eigenvalue weighted by Gasteiger charge is 2.07. The third-order valence-electron chi connectivity index (χ3n) is 3.47. The van der Waals surface area contributed by atoms with Gasteiger partial charge < -0.3 is 15.7 Å². The van der Waals surface area contributed by atoms with E-state index in [2.05, 4.69) is 10.6 Å². The van der Waals surface area contributed by atoms with Crippen LogP contribution in [0.25, 0.3) is 10.8 Å². The minimum atomic E-state index is -0.336. The van der Waals surface area contributed by atoms with Crippen LogP contribution in [0.2, 0.25) is 0 Å². The SMILES string of the molecule is O=C(Nc1ccccc1CO)Nc1cccc2ccccc12. The minimum absolute atomic E-state index is 0.120. The van der Waals surface area contributed by atoms with Gasteiger partial charge in [-0.05, 0) is 17.5 Å². The van der Waals surface area contributed by atoms with E-state index in [1.807, 2.05) is 54.6 Å². The van der Waals surface area contributed by atoms with Gasteiger partial charge in [-0.25, -0.2) is 4.79 Å². The summed E-state index contributed by atoms with van der Waals surface area (Å²) < 4.78 is 0. The summed E-state index contributed by atoms with van der Waals surface area (Å²) in [6.45, 7) is -0.120. The van der Waals surface area contributed by atoms with Crippen molar-refractivity contribution in [2.75, 3.05) is 10.6 Å². The number of aliphatic hydroxyl groups excluding tert-OH is 1. The van der Waals surface area contributed by atoms with Gasteiger partial charge in [-0.2, -0.15) is 0 Å². The Morgan fingerprint density at radius 2 is 1.45 bits per heavy atom. The molecule has 0 aliphatic heterocycles. The molecule has 0 saturated heterocycles. The molecule has 22 heavy (non-hydrogen) atoms. The average Bonchev–Trinajstić information content (AvgIpc) is 2.55. The van der Waals surface area contributed by atoms with Gasteiger partial charge in [0.1, 0.15) is 0 Å². The van der Waals surface area contributed by atoms with Crippen molar-refractivity contribution in [2.24, 2.45) is 0 Å². The van der Waals surface area contributed by atoms with Gasteiger partial charge in [0.15, 0.2) is 0 Å². The monoisotopic (exact) mass is 292 g/mol. The third-order valence-corrected chi connectivity index (χ3v) is 3.47. The molecule has 0 saturated carbocycles. The number of rotatable bonds is 3. The average molecular weight is 292 g/mol. The zero-order valence-corrected chi connectivity index (χ0v) is 11.9. The quantitative estimate of drug-likeness (QED) is 0.684. The lowest BCUT2D eigenvalue weighted by Gasteiger charge is -2.12. The van der Waals surface area contributed by atoms with Crippen LogP contribution in [0, 0.1) is 0 Å². The molecular weight excluding hydrogens is 276 g/mol. The minimum Gasteiger partial charge on any atom is -0.392 e. The van der Waals surface area contributed by atoms with E-state index in [0.29, 0.717) is 11.3 Å². The van der Waals surface area contributed by atoms with Crippen LogP contribution >= 0.6 is 0 Å². The molecule has 3 rings (SSSR count). The first-order valence-corrected chi connectivity index (χ1v) is 7.02. The highest BCUT2D eigenvalue weighted by molar-refractivity contribution is 6.06. The van der Waals surface area contributed by atoms with Crippen molar-refractivity contribution in [2.45, 2.75) is 6.61 Å². The highest BCUT2D eigenvalue weighted by atomic mass is 16.3. The van der Waals surface area contributed by atoms with Crippen molar-refractivity contribution in [3.05, 3.63) is 72.3 Å². The molecule has 0 heterocycles. The molecule has 0 atom stereocenters. The Bertz CT molecular complexity index is 810. The summed E-state index contributed by atoms with van der Waals surface area (Å²) in [6.07, 6.45) is 0. The molecule has 110 valence electrons. The van der Waals surface area contributed by atoms with E-state index in [4.69, 9.17) is 0 Å². The fraction of sp³-hybridized carbons (Fsp3) is 0.0556. The fourth-order valence-electron chi connectivity index (χ4n) is 2.39. The van der Waals surface area contributed by atoms with Crippen LogP contribution in [0.1, 0.15) is 5.56 Å². The Morgan fingerprint density at radius 1 is 0.818 bits per heavy atom. The number of aliphatic hydroxyl groups is 1. The molecule has 0 bridgehead atoms. The molecular formula is C18H16N2O2. The lowest BCUT2D eigenvalue weighted by atomic mass is 10.1. The van der Waals surface area contributed by atoms with E-state index in [1.165, 1.54) is 0 Å². The number of hydrogen-bond donors (Lipinski definition) is 3. The van der Waals surface area contributed by atoms with Gasteiger partial charge in [-0.1, -0.05) is 54.6 Å². The summed E-state index contributed by atoms with van der Waals surface area (Å²) >= 11 is 0. The van der Waals surface area contributed by atoms with Crippen molar-refractivity contribution in [3.63, 3.8) is 0 Å². The lowest BCUT2D eigenvalue weighted by molar-refractivity contribution is 0.262. The number of fused-ring (bicyclic) bond motifs is 1. The molecule has 3 aromatic rings. The van der Waals surface area contributed by atoms with Crippen LogP contribution in [-0.2, 0) is 6.61 Å². The van der Waals surface area contributed by atoms with Gasteiger partial charge in [0.05, 0.1) is 12.3 Å². The normalized spacial score (nSPS) is 10.4. The molecule has 0 aromatic heterocycles. The van der Waals surface area contributed by atoms with E-state index in [-0.39, 0.29) is 12.6 Å². The van der Waals surface area contributed by atoms with Crippen LogP contribution in [0.3, 0.4) is 0 Å². The van der Waals surface area contributed by atoms with Gasteiger partial charge >= 0.3 is 6.03 Å². The van der Waals surface area contributed by atoms with E-state index < -0.39 is 0 Å². The summed E-state index contributed by atoms with van der Waals surface area (Å²) in [4.78, 5) is 12.2. The maximum Gasteiger partial charge on any atom is 0.323 e. The number of hydrogen-bond acceptors (Lipinski definition) is 2. The van der Waals surface area contributed by atoms with E-state index >= 15 is 0 Å². The summed E-state index contributed by atoms with van der Waals surface area (Å²) in [5.74, 6) is 0. The van der Waals surface area contributed by atoms with Gasteiger partial charge in [0.25, 0.3) is 0 Å². The van der Waals surface area contributed by atoms with Crippen LogP contribution in [0.15, 0.2) is 66.7 Å². The Hall–Kier alpha value is -2.85. The predicted molar refractivity (Wildman–Crippen MR) is 89.0 cm³/mol. The Kier molecular flexibility index (Phi) is 4.03. The number of amides is 2. The third kappa shape index (κ3) is 2.92. The summed E-state index contributed by atoms with van der Waals surface area (Å²) in [7, 11) is 0. The smallest absolute Gasteiger partial charge is 0.323 e. The van der Waals surface area contributed by atoms with Crippen molar-refractivity contribution in [3.8, 4) is 0 Å².